The van der Waals surface area contributed by atoms with Crippen LogP contribution in [0.2, 0.25) is 0 Å². The van der Waals surface area contributed by atoms with Gasteiger partial charge in [-0.25, -0.2) is 0 Å². The maximum absolute atomic E-state index is 3.75. The number of allylic oxidation sites excluding steroid dienone is 5. The van der Waals surface area contributed by atoms with Gasteiger partial charge in [-0.15, -0.1) is 0 Å². The summed E-state index contributed by atoms with van der Waals surface area (Å²) < 4.78 is 0. The minimum atomic E-state index is 1.09. The van der Waals surface area contributed by atoms with Crippen molar-refractivity contribution < 1.29 is 0 Å². The van der Waals surface area contributed by atoms with E-state index in [4.69, 9.17) is 0 Å². The second-order valence-corrected chi connectivity index (χ2v) is 4.55. The lowest BCUT2D eigenvalue weighted by molar-refractivity contribution is 1.14. The number of hydrogen-bond acceptors (Lipinski definition) is 0. The van der Waals surface area contributed by atoms with E-state index in [9.17, 15) is 0 Å². The monoisotopic (exact) mass is 242 g/mol. The van der Waals surface area contributed by atoms with Crippen LogP contribution in [0.1, 0.15) is 38.8 Å². The topological polar surface area (TPSA) is 0 Å². The van der Waals surface area contributed by atoms with Crippen LogP contribution in [0.4, 0.5) is 0 Å². The summed E-state index contributed by atoms with van der Waals surface area (Å²) in [4.78, 5) is 0. The Labute approximate surface area is 113 Å². The van der Waals surface area contributed by atoms with Crippen molar-refractivity contribution in [2.45, 2.75) is 41.0 Å². The van der Waals surface area contributed by atoms with Crippen molar-refractivity contribution in [3.63, 3.8) is 0 Å². The molecule has 0 saturated heterocycles. The highest BCUT2D eigenvalue weighted by atomic mass is 13.9. The Morgan fingerprint density at radius 1 is 1.11 bits per heavy atom. The van der Waals surface area contributed by atoms with Gasteiger partial charge in [0.15, 0.2) is 0 Å². The Morgan fingerprint density at radius 3 is 2.06 bits per heavy atom. The van der Waals surface area contributed by atoms with E-state index in [-0.39, 0.29) is 0 Å². The molecule has 0 bridgehead atoms. The fraction of sp³-hybridized carbons (Fsp3) is 0.333. The predicted molar refractivity (Wildman–Crippen MR) is 83.9 cm³/mol. The first-order chi connectivity index (χ1) is 8.49. The number of rotatable bonds is 3. The molecule has 0 aliphatic rings. The zero-order valence-corrected chi connectivity index (χ0v) is 12.5. The molecule has 0 N–H and O–H groups in total. The second-order valence-electron chi connectivity index (χ2n) is 4.55. The summed E-state index contributed by atoms with van der Waals surface area (Å²) in [6, 6.07) is 8.66. The highest BCUT2D eigenvalue weighted by molar-refractivity contribution is 5.23. The van der Waals surface area contributed by atoms with Crippen LogP contribution in [0.15, 0.2) is 60.2 Å². The fourth-order valence-electron chi connectivity index (χ4n) is 1.19. The van der Waals surface area contributed by atoms with E-state index in [1.165, 1.54) is 16.7 Å². The SMILES string of the molecule is C=C(C)/C=C\C(C)=C/C.CCc1ccc(C)cc1. The summed E-state index contributed by atoms with van der Waals surface area (Å²) in [7, 11) is 0. The standard InChI is InChI=1S/C9H12.C9H14/c1-3-9-6-4-8(2)5-7-9;1-5-9(4)7-6-8(2)3/h4-7H,3H2,1-2H3;5-7H,2H2,1,3-4H3/b;7-6-,9-5-. The Morgan fingerprint density at radius 2 is 1.67 bits per heavy atom. The third-order valence-electron chi connectivity index (χ3n) is 2.61. The molecule has 1 aromatic carbocycles. The van der Waals surface area contributed by atoms with E-state index in [0.29, 0.717) is 0 Å². The molecule has 0 saturated carbocycles. The van der Waals surface area contributed by atoms with Crippen molar-refractivity contribution in [1.82, 2.24) is 0 Å². The van der Waals surface area contributed by atoms with Gasteiger partial charge < -0.3 is 0 Å². The number of benzene rings is 1. The van der Waals surface area contributed by atoms with Crippen LogP contribution in [-0.2, 0) is 6.42 Å². The maximum atomic E-state index is 3.75. The van der Waals surface area contributed by atoms with Crippen LogP contribution < -0.4 is 0 Å². The molecule has 18 heavy (non-hydrogen) atoms. The lowest BCUT2D eigenvalue weighted by Crippen LogP contribution is -1.77. The molecule has 0 unspecified atom stereocenters. The van der Waals surface area contributed by atoms with E-state index in [2.05, 4.69) is 63.8 Å². The molecule has 0 aliphatic carbocycles. The first-order valence-electron chi connectivity index (χ1n) is 6.51. The molecule has 0 amide bonds. The average molecular weight is 242 g/mol. The van der Waals surface area contributed by atoms with E-state index in [0.717, 1.165) is 12.0 Å². The first-order valence-corrected chi connectivity index (χ1v) is 6.51. The molecule has 0 fully saturated rings. The molecule has 0 heterocycles. The molecular weight excluding hydrogens is 216 g/mol. The summed E-state index contributed by atoms with van der Waals surface area (Å²) in [5, 5.41) is 0. The second kappa shape index (κ2) is 9.47. The van der Waals surface area contributed by atoms with Crippen molar-refractivity contribution >= 4 is 0 Å². The molecule has 1 aromatic rings. The molecule has 0 aliphatic heterocycles. The van der Waals surface area contributed by atoms with Crippen LogP contribution in [-0.4, -0.2) is 0 Å². The Bertz CT molecular complexity index is 402. The van der Waals surface area contributed by atoms with Gasteiger partial charge in [-0.3, -0.25) is 0 Å². The summed E-state index contributed by atoms with van der Waals surface area (Å²) in [6.07, 6.45) is 7.28. The Balaban J connectivity index is 0.000000321. The zero-order chi connectivity index (χ0) is 14.0. The van der Waals surface area contributed by atoms with E-state index >= 15 is 0 Å². The highest BCUT2D eigenvalue weighted by Crippen LogP contribution is 2.02. The molecule has 0 atom stereocenters. The third-order valence-corrected chi connectivity index (χ3v) is 2.61. The molecule has 0 radical (unpaired) electrons. The van der Waals surface area contributed by atoms with E-state index in [1.807, 2.05) is 19.9 Å². The van der Waals surface area contributed by atoms with Crippen LogP contribution >= 0.6 is 0 Å². The van der Waals surface area contributed by atoms with Crippen molar-refractivity contribution in [3.05, 3.63) is 71.3 Å². The molecule has 0 nitrogen and oxygen atoms in total. The predicted octanol–water partition coefficient (Wildman–Crippen LogP) is 5.64. The van der Waals surface area contributed by atoms with Gasteiger partial charge in [-0.1, -0.05) is 72.7 Å². The Kier molecular flexibility index (Phi) is 8.65. The summed E-state index contributed by atoms with van der Waals surface area (Å²) in [6.45, 7) is 14.1. The van der Waals surface area contributed by atoms with Gasteiger partial charge in [0, 0.05) is 0 Å². The van der Waals surface area contributed by atoms with Gasteiger partial charge in [-0.2, -0.15) is 0 Å². The summed E-state index contributed by atoms with van der Waals surface area (Å²) >= 11 is 0. The largest absolute Gasteiger partial charge is 0.0961 e. The van der Waals surface area contributed by atoms with Gasteiger partial charge >= 0.3 is 0 Å². The first kappa shape index (κ1) is 16.4. The molecule has 0 spiro atoms. The number of aryl methyl sites for hydroxylation is 2. The van der Waals surface area contributed by atoms with Crippen LogP contribution in [0, 0.1) is 6.92 Å². The molecular formula is C18H26. The van der Waals surface area contributed by atoms with Gasteiger partial charge in [-0.05, 0) is 39.7 Å². The van der Waals surface area contributed by atoms with Gasteiger partial charge in [0.2, 0.25) is 0 Å². The summed E-state index contributed by atoms with van der Waals surface area (Å²) in [5.41, 5.74) is 5.13. The Hall–Kier alpha value is -1.56. The smallest absolute Gasteiger partial charge is 0.0307 e. The molecule has 0 aromatic heterocycles. The van der Waals surface area contributed by atoms with Crippen molar-refractivity contribution in [2.75, 3.05) is 0 Å². The van der Waals surface area contributed by atoms with Crippen molar-refractivity contribution in [3.8, 4) is 0 Å². The molecule has 1 rings (SSSR count). The quantitative estimate of drug-likeness (QED) is 0.601. The maximum Gasteiger partial charge on any atom is -0.0307 e. The minimum absolute atomic E-state index is 1.09. The van der Waals surface area contributed by atoms with Gasteiger partial charge in [0.1, 0.15) is 0 Å². The van der Waals surface area contributed by atoms with E-state index < -0.39 is 0 Å². The number of hydrogen-bond donors (Lipinski definition) is 0. The van der Waals surface area contributed by atoms with Crippen LogP contribution in [0.25, 0.3) is 0 Å². The van der Waals surface area contributed by atoms with Crippen molar-refractivity contribution in [2.24, 2.45) is 0 Å². The minimum Gasteiger partial charge on any atom is -0.0961 e. The zero-order valence-electron chi connectivity index (χ0n) is 12.5. The molecule has 0 heteroatoms. The van der Waals surface area contributed by atoms with E-state index in [1.54, 1.807) is 0 Å². The lowest BCUT2D eigenvalue weighted by atomic mass is 10.1. The lowest BCUT2D eigenvalue weighted by Gasteiger charge is -1.94. The normalized spacial score (nSPS) is 11.1. The van der Waals surface area contributed by atoms with Gasteiger partial charge in [0.25, 0.3) is 0 Å². The highest BCUT2D eigenvalue weighted by Gasteiger charge is 1.84. The average Bonchev–Trinajstić information content (AvgIpc) is 2.37. The third kappa shape index (κ3) is 8.58. The fourth-order valence-corrected chi connectivity index (χ4v) is 1.19. The summed E-state index contributed by atoms with van der Waals surface area (Å²) in [5.74, 6) is 0. The van der Waals surface area contributed by atoms with Crippen LogP contribution in [0.3, 0.4) is 0 Å². The molecule has 98 valence electrons. The van der Waals surface area contributed by atoms with Crippen LogP contribution in [0.5, 0.6) is 0 Å². The van der Waals surface area contributed by atoms with Crippen molar-refractivity contribution in [1.29, 1.82) is 0 Å². The van der Waals surface area contributed by atoms with Gasteiger partial charge in [0.05, 0.1) is 0 Å².